The van der Waals surface area contributed by atoms with Crippen molar-refractivity contribution in [3.05, 3.63) is 11.8 Å². The first kappa shape index (κ1) is 13.1. The molecule has 1 aromatic rings. The molecular formula is C13H21BrN2O. The summed E-state index contributed by atoms with van der Waals surface area (Å²) in [4.78, 5) is 0.207. The summed E-state index contributed by atoms with van der Waals surface area (Å²) in [6, 6.07) is 0. The van der Waals surface area contributed by atoms with Gasteiger partial charge in [-0.1, -0.05) is 55.0 Å². The zero-order valence-electron chi connectivity index (χ0n) is 10.5. The van der Waals surface area contributed by atoms with Crippen molar-refractivity contribution >= 4 is 15.9 Å². The fourth-order valence-electron chi connectivity index (χ4n) is 2.47. The van der Waals surface area contributed by atoms with Gasteiger partial charge in [-0.3, -0.25) is 0 Å². The summed E-state index contributed by atoms with van der Waals surface area (Å²) in [6.07, 6.45) is 10.1. The molecule has 0 aliphatic heterocycles. The lowest BCUT2D eigenvalue weighted by Gasteiger charge is -2.20. The molecule has 96 valence electrons. The summed E-state index contributed by atoms with van der Waals surface area (Å²) in [7, 11) is 0. The highest BCUT2D eigenvalue weighted by atomic mass is 79.9. The molecule has 17 heavy (non-hydrogen) atoms. The molecule has 1 aromatic heterocycles. The zero-order valence-corrected chi connectivity index (χ0v) is 12.1. The minimum atomic E-state index is 0.207. The predicted octanol–water partition coefficient (Wildman–Crippen LogP) is 4.43. The summed E-state index contributed by atoms with van der Waals surface area (Å²) < 4.78 is 5.66. The van der Waals surface area contributed by atoms with Gasteiger partial charge < -0.3 is 4.42 Å². The largest absolute Gasteiger partial charge is 0.424 e. The lowest BCUT2D eigenvalue weighted by Crippen LogP contribution is -2.07. The van der Waals surface area contributed by atoms with E-state index < -0.39 is 0 Å². The zero-order chi connectivity index (χ0) is 12.1. The number of rotatable bonds is 5. The Labute approximate surface area is 112 Å². The quantitative estimate of drug-likeness (QED) is 0.755. The summed E-state index contributed by atoms with van der Waals surface area (Å²) >= 11 is 3.53. The molecule has 3 nitrogen and oxygen atoms in total. The molecule has 1 aliphatic carbocycles. The van der Waals surface area contributed by atoms with Gasteiger partial charge in [0, 0.05) is 6.42 Å². The van der Waals surface area contributed by atoms with Crippen molar-refractivity contribution in [2.45, 2.75) is 63.1 Å². The van der Waals surface area contributed by atoms with Crippen molar-refractivity contribution in [3.8, 4) is 0 Å². The fourth-order valence-corrected chi connectivity index (χ4v) is 2.66. The van der Waals surface area contributed by atoms with Crippen molar-refractivity contribution in [3.63, 3.8) is 0 Å². The van der Waals surface area contributed by atoms with Crippen molar-refractivity contribution in [2.24, 2.45) is 5.92 Å². The van der Waals surface area contributed by atoms with Crippen molar-refractivity contribution in [1.82, 2.24) is 10.2 Å². The Bertz CT molecular complexity index is 334. The molecule has 1 saturated carbocycles. The molecule has 1 fully saturated rings. The highest BCUT2D eigenvalue weighted by molar-refractivity contribution is 9.09. The number of alkyl halides is 1. The second kappa shape index (κ2) is 6.53. The van der Waals surface area contributed by atoms with E-state index in [-0.39, 0.29) is 4.83 Å². The van der Waals surface area contributed by atoms with Gasteiger partial charge in [0.05, 0.1) is 4.83 Å². The van der Waals surface area contributed by atoms with Gasteiger partial charge in [-0.2, -0.15) is 0 Å². The van der Waals surface area contributed by atoms with E-state index in [0.717, 1.165) is 30.5 Å². The highest BCUT2D eigenvalue weighted by Crippen LogP contribution is 2.28. The van der Waals surface area contributed by atoms with Crippen LogP contribution in [0, 0.1) is 5.92 Å². The maximum Gasteiger partial charge on any atom is 0.230 e. The molecule has 1 aliphatic rings. The van der Waals surface area contributed by atoms with Gasteiger partial charge in [-0.15, -0.1) is 10.2 Å². The first-order valence-electron chi connectivity index (χ1n) is 6.76. The average Bonchev–Trinajstić information content (AvgIpc) is 2.85. The molecule has 0 aromatic carbocycles. The van der Waals surface area contributed by atoms with Crippen LogP contribution in [0.25, 0.3) is 0 Å². The van der Waals surface area contributed by atoms with Gasteiger partial charge in [-0.25, -0.2) is 0 Å². The number of hydrogen-bond donors (Lipinski definition) is 0. The highest BCUT2D eigenvalue weighted by Gasteiger charge is 2.16. The third kappa shape index (κ3) is 3.80. The van der Waals surface area contributed by atoms with E-state index >= 15 is 0 Å². The Balaban J connectivity index is 1.80. The monoisotopic (exact) mass is 300 g/mol. The fraction of sp³-hybridized carbons (Fsp3) is 0.846. The van der Waals surface area contributed by atoms with Crippen LogP contribution in [-0.2, 0) is 6.42 Å². The average molecular weight is 301 g/mol. The van der Waals surface area contributed by atoms with Crippen LogP contribution < -0.4 is 0 Å². The third-order valence-corrected chi connectivity index (χ3v) is 4.64. The van der Waals surface area contributed by atoms with Crippen LogP contribution in [0.4, 0.5) is 0 Å². The Morgan fingerprint density at radius 1 is 1.29 bits per heavy atom. The van der Waals surface area contributed by atoms with E-state index in [2.05, 4.69) is 33.1 Å². The molecule has 2 rings (SSSR count). The molecular weight excluding hydrogens is 280 g/mol. The first-order valence-corrected chi connectivity index (χ1v) is 7.67. The van der Waals surface area contributed by atoms with E-state index in [0.29, 0.717) is 0 Å². The SMILES string of the molecule is CCC(Br)c1nnc(CCC2CCCCC2)o1. The summed E-state index contributed by atoms with van der Waals surface area (Å²) in [5.41, 5.74) is 0. The van der Waals surface area contributed by atoms with E-state index in [1.165, 1.54) is 38.5 Å². The van der Waals surface area contributed by atoms with Crippen LogP contribution in [0.15, 0.2) is 4.42 Å². The van der Waals surface area contributed by atoms with Gasteiger partial charge in [0.2, 0.25) is 11.8 Å². The normalized spacial score (nSPS) is 19.4. The maximum absolute atomic E-state index is 5.66. The third-order valence-electron chi connectivity index (χ3n) is 3.60. The molecule has 4 heteroatoms. The lowest BCUT2D eigenvalue weighted by molar-refractivity contribution is 0.326. The number of nitrogens with zero attached hydrogens (tertiary/aromatic N) is 2. The van der Waals surface area contributed by atoms with Gasteiger partial charge in [0.15, 0.2) is 0 Å². The van der Waals surface area contributed by atoms with E-state index in [1.54, 1.807) is 0 Å². The minimum Gasteiger partial charge on any atom is -0.424 e. The van der Waals surface area contributed by atoms with Crippen LogP contribution in [0.3, 0.4) is 0 Å². The van der Waals surface area contributed by atoms with E-state index in [1.807, 2.05) is 0 Å². The molecule has 0 saturated heterocycles. The topological polar surface area (TPSA) is 38.9 Å². The molecule has 0 bridgehead atoms. The smallest absolute Gasteiger partial charge is 0.230 e. The van der Waals surface area contributed by atoms with Crippen molar-refractivity contribution in [2.75, 3.05) is 0 Å². The Hall–Kier alpha value is -0.380. The molecule has 0 N–H and O–H groups in total. The van der Waals surface area contributed by atoms with Gasteiger partial charge in [0.25, 0.3) is 0 Å². The molecule has 1 unspecified atom stereocenters. The van der Waals surface area contributed by atoms with Crippen LogP contribution in [-0.4, -0.2) is 10.2 Å². The summed E-state index contributed by atoms with van der Waals surface area (Å²) in [5.74, 6) is 2.42. The second-order valence-corrected chi connectivity index (χ2v) is 6.06. The molecule has 0 radical (unpaired) electrons. The molecule has 1 atom stereocenters. The van der Waals surface area contributed by atoms with Crippen molar-refractivity contribution in [1.29, 1.82) is 0 Å². The summed E-state index contributed by atoms with van der Waals surface area (Å²) in [6.45, 7) is 2.10. The molecule has 0 spiro atoms. The van der Waals surface area contributed by atoms with Gasteiger partial charge in [-0.05, 0) is 18.8 Å². The van der Waals surface area contributed by atoms with Crippen molar-refractivity contribution < 1.29 is 4.42 Å². The Kier molecular flexibility index (Phi) is 5.01. The number of hydrogen-bond acceptors (Lipinski definition) is 3. The number of aryl methyl sites for hydroxylation is 1. The van der Waals surface area contributed by atoms with Crippen LogP contribution in [0.2, 0.25) is 0 Å². The maximum atomic E-state index is 5.66. The van der Waals surface area contributed by atoms with Gasteiger partial charge >= 0.3 is 0 Å². The first-order chi connectivity index (χ1) is 8.29. The van der Waals surface area contributed by atoms with E-state index in [9.17, 15) is 0 Å². The standard InChI is InChI=1S/C13H21BrN2O/c1-2-11(14)13-16-15-12(17-13)9-8-10-6-4-3-5-7-10/h10-11H,2-9H2,1H3. The Morgan fingerprint density at radius 2 is 2.06 bits per heavy atom. The predicted molar refractivity (Wildman–Crippen MR) is 71.2 cm³/mol. The minimum absolute atomic E-state index is 0.207. The number of halogens is 1. The Morgan fingerprint density at radius 3 is 2.76 bits per heavy atom. The number of aromatic nitrogens is 2. The molecule has 1 heterocycles. The van der Waals surface area contributed by atoms with Crippen LogP contribution in [0.1, 0.15) is 68.5 Å². The van der Waals surface area contributed by atoms with Gasteiger partial charge in [0.1, 0.15) is 0 Å². The second-order valence-electron chi connectivity index (χ2n) is 4.95. The lowest BCUT2D eigenvalue weighted by atomic mass is 9.86. The molecule has 0 amide bonds. The van der Waals surface area contributed by atoms with E-state index in [4.69, 9.17) is 4.42 Å². The van der Waals surface area contributed by atoms with Crippen LogP contribution >= 0.6 is 15.9 Å². The van der Waals surface area contributed by atoms with Crippen LogP contribution in [0.5, 0.6) is 0 Å². The summed E-state index contributed by atoms with van der Waals surface area (Å²) in [5, 5.41) is 8.21.